The van der Waals surface area contributed by atoms with Crippen molar-refractivity contribution in [1.29, 1.82) is 0 Å². The van der Waals surface area contributed by atoms with E-state index in [4.69, 9.17) is 9.84 Å². The molecule has 4 heteroatoms. The van der Waals surface area contributed by atoms with Gasteiger partial charge in [-0.2, -0.15) is 0 Å². The van der Waals surface area contributed by atoms with Crippen molar-refractivity contribution in [3.8, 4) is 0 Å². The summed E-state index contributed by atoms with van der Waals surface area (Å²) >= 11 is 0. The highest BCUT2D eigenvalue weighted by atomic mass is 16.5. The van der Waals surface area contributed by atoms with Gasteiger partial charge in [0.1, 0.15) is 0 Å². The van der Waals surface area contributed by atoms with Gasteiger partial charge < -0.3 is 14.7 Å². The Morgan fingerprint density at radius 2 is 1.82 bits per heavy atom. The summed E-state index contributed by atoms with van der Waals surface area (Å²) in [6.07, 6.45) is 0.860. The van der Waals surface area contributed by atoms with E-state index in [1.54, 1.807) is 12.0 Å². The molecule has 0 aromatic heterocycles. The van der Waals surface area contributed by atoms with Crippen molar-refractivity contribution >= 4 is 6.41 Å². The number of aliphatic hydroxyl groups excluding tert-OH is 1. The highest BCUT2D eigenvalue weighted by Gasteiger charge is 2.16. The van der Waals surface area contributed by atoms with Crippen LogP contribution in [0.4, 0.5) is 0 Å². The Morgan fingerprint density at radius 3 is 2.45 bits per heavy atom. The zero-order valence-corrected chi connectivity index (χ0v) is 12.7. The largest absolute Gasteiger partial charge is 0.392 e. The zero-order valence-electron chi connectivity index (χ0n) is 12.7. The van der Waals surface area contributed by atoms with Gasteiger partial charge in [0.25, 0.3) is 0 Å². The fraction of sp³-hybridized carbons (Fsp3) is 0.278. The first-order valence-corrected chi connectivity index (χ1v) is 7.20. The molecule has 22 heavy (non-hydrogen) atoms. The highest BCUT2D eigenvalue weighted by Crippen LogP contribution is 2.22. The first-order chi connectivity index (χ1) is 10.8. The minimum atomic E-state index is 0.0639. The second-order valence-corrected chi connectivity index (χ2v) is 5.19. The van der Waals surface area contributed by atoms with Crippen LogP contribution in [-0.2, 0) is 35.8 Å². The molecule has 0 saturated carbocycles. The van der Waals surface area contributed by atoms with Crippen LogP contribution in [0.15, 0.2) is 48.5 Å². The zero-order chi connectivity index (χ0) is 15.8. The van der Waals surface area contributed by atoms with Gasteiger partial charge in [0.15, 0.2) is 0 Å². The molecule has 0 atom stereocenters. The van der Waals surface area contributed by atoms with Crippen molar-refractivity contribution in [3.05, 3.63) is 70.8 Å². The van der Waals surface area contributed by atoms with E-state index in [-0.39, 0.29) is 6.61 Å². The summed E-state index contributed by atoms with van der Waals surface area (Å²) in [6, 6.07) is 15.9. The molecule has 0 bridgehead atoms. The van der Waals surface area contributed by atoms with Gasteiger partial charge in [-0.25, -0.2) is 0 Å². The number of benzene rings is 2. The summed E-state index contributed by atoms with van der Waals surface area (Å²) in [5.41, 5.74) is 4.47. The molecule has 1 aliphatic rings. The van der Waals surface area contributed by atoms with Crippen LogP contribution in [0, 0.1) is 0 Å². The lowest BCUT2D eigenvalue weighted by molar-refractivity contribution is -0.118. The van der Waals surface area contributed by atoms with Crippen LogP contribution in [0.5, 0.6) is 0 Å². The van der Waals surface area contributed by atoms with Crippen LogP contribution < -0.4 is 0 Å². The minimum absolute atomic E-state index is 0.0639. The smallest absolute Gasteiger partial charge is 0.210 e. The molecule has 0 radical (unpaired) electrons. The van der Waals surface area contributed by atoms with Gasteiger partial charge in [0, 0.05) is 20.2 Å². The van der Waals surface area contributed by atoms with Crippen molar-refractivity contribution < 1.29 is 14.6 Å². The molecule has 2 aromatic rings. The van der Waals surface area contributed by atoms with Gasteiger partial charge in [-0.3, -0.25) is 4.79 Å². The quantitative estimate of drug-likeness (QED) is 0.882. The predicted octanol–water partition coefficient (Wildman–Crippen LogP) is 2.48. The number of carbonyl (C=O) groups excluding carboxylic acids is 1. The Balaban J connectivity index is 0.000000172. The van der Waals surface area contributed by atoms with Gasteiger partial charge in [-0.15, -0.1) is 0 Å². The number of hydrogen-bond donors (Lipinski definition) is 1. The third kappa shape index (κ3) is 4.41. The number of amides is 1. The molecule has 0 unspecified atom stereocenters. The lowest BCUT2D eigenvalue weighted by atomic mass is 10.1. The van der Waals surface area contributed by atoms with E-state index < -0.39 is 0 Å². The number of methoxy groups -OCH3 is 1. The number of rotatable bonds is 4. The van der Waals surface area contributed by atoms with E-state index in [2.05, 4.69) is 0 Å². The molecule has 0 saturated heterocycles. The molecule has 0 fully saturated rings. The van der Waals surface area contributed by atoms with E-state index in [0.717, 1.165) is 17.5 Å². The maximum Gasteiger partial charge on any atom is 0.210 e. The monoisotopic (exact) mass is 299 g/mol. The average molecular weight is 299 g/mol. The second-order valence-electron chi connectivity index (χ2n) is 5.19. The number of hydrogen-bond acceptors (Lipinski definition) is 3. The normalized spacial score (nSPS) is 12.4. The maximum absolute atomic E-state index is 10.5. The van der Waals surface area contributed by atoms with Crippen LogP contribution in [0.25, 0.3) is 0 Å². The summed E-state index contributed by atoms with van der Waals surface area (Å²) in [6.45, 7) is 2.15. The Kier molecular flexibility index (Phi) is 6.13. The van der Waals surface area contributed by atoms with E-state index in [9.17, 15) is 4.79 Å². The number of aliphatic hydroxyl groups is 1. The Morgan fingerprint density at radius 1 is 1.09 bits per heavy atom. The van der Waals surface area contributed by atoms with E-state index in [1.165, 1.54) is 11.1 Å². The van der Waals surface area contributed by atoms with Crippen molar-refractivity contribution in [2.24, 2.45) is 0 Å². The molecule has 1 heterocycles. The Bertz CT molecular complexity index is 599. The van der Waals surface area contributed by atoms with Crippen molar-refractivity contribution in [2.75, 3.05) is 7.11 Å². The first kappa shape index (κ1) is 16.2. The molecular formula is C18H21NO3. The third-order valence-corrected chi connectivity index (χ3v) is 3.50. The number of nitrogens with zero attached hydrogens (tertiary/aromatic N) is 1. The van der Waals surface area contributed by atoms with Crippen molar-refractivity contribution in [3.63, 3.8) is 0 Å². The summed E-state index contributed by atoms with van der Waals surface area (Å²) in [4.78, 5) is 12.2. The van der Waals surface area contributed by atoms with Gasteiger partial charge >= 0.3 is 0 Å². The average Bonchev–Trinajstić information content (AvgIpc) is 2.99. The van der Waals surface area contributed by atoms with Crippen LogP contribution in [0.2, 0.25) is 0 Å². The van der Waals surface area contributed by atoms with Gasteiger partial charge in [-0.1, -0.05) is 48.5 Å². The summed E-state index contributed by atoms with van der Waals surface area (Å²) in [7, 11) is 1.70. The summed E-state index contributed by atoms with van der Waals surface area (Å²) in [5, 5.41) is 8.91. The molecule has 1 amide bonds. The molecule has 0 spiro atoms. The van der Waals surface area contributed by atoms with E-state index in [0.29, 0.717) is 19.7 Å². The SMILES string of the molecule is COCc1ccccc1.O=CN1Cc2ccc(CO)cc2C1. The number of carbonyl (C=O) groups is 1. The van der Waals surface area contributed by atoms with Crippen LogP contribution >= 0.6 is 0 Å². The van der Waals surface area contributed by atoms with Crippen LogP contribution in [0.1, 0.15) is 22.3 Å². The molecule has 4 nitrogen and oxygen atoms in total. The van der Waals surface area contributed by atoms with Gasteiger partial charge in [0.05, 0.1) is 13.2 Å². The molecule has 3 rings (SSSR count). The lowest BCUT2D eigenvalue weighted by Crippen LogP contribution is -2.12. The van der Waals surface area contributed by atoms with Gasteiger partial charge in [-0.05, 0) is 22.3 Å². The van der Waals surface area contributed by atoms with Gasteiger partial charge in [0.2, 0.25) is 6.41 Å². The van der Waals surface area contributed by atoms with Crippen molar-refractivity contribution in [1.82, 2.24) is 4.90 Å². The molecule has 116 valence electrons. The number of ether oxygens (including phenoxy) is 1. The third-order valence-electron chi connectivity index (χ3n) is 3.50. The van der Waals surface area contributed by atoms with E-state index in [1.807, 2.05) is 48.5 Å². The second kappa shape index (κ2) is 8.32. The predicted molar refractivity (Wildman–Crippen MR) is 84.8 cm³/mol. The molecule has 1 aliphatic heterocycles. The van der Waals surface area contributed by atoms with Crippen LogP contribution in [-0.4, -0.2) is 23.5 Å². The fourth-order valence-corrected chi connectivity index (χ4v) is 2.39. The molecule has 0 aliphatic carbocycles. The molecule has 2 aromatic carbocycles. The standard InChI is InChI=1S/C10H11NO2.C8H10O/c12-6-8-1-2-9-4-11(7-13)5-10(9)3-8;1-9-7-8-5-3-2-4-6-8/h1-3,7,12H,4-6H2;2-6H,7H2,1H3. The highest BCUT2D eigenvalue weighted by molar-refractivity contribution is 5.51. The Labute approximate surface area is 131 Å². The van der Waals surface area contributed by atoms with Crippen molar-refractivity contribution in [2.45, 2.75) is 26.3 Å². The minimum Gasteiger partial charge on any atom is -0.392 e. The van der Waals surface area contributed by atoms with E-state index >= 15 is 0 Å². The molecular weight excluding hydrogens is 278 g/mol. The maximum atomic E-state index is 10.5. The Hall–Kier alpha value is -2.17. The fourth-order valence-electron chi connectivity index (χ4n) is 2.39. The first-order valence-electron chi connectivity index (χ1n) is 7.20. The van der Waals surface area contributed by atoms with Crippen LogP contribution in [0.3, 0.4) is 0 Å². The number of fused-ring (bicyclic) bond motifs is 1. The summed E-state index contributed by atoms with van der Waals surface area (Å²) < 4.78 is 4.93. The molecule has 1 N–H and O–H groups in total. The summed E-state index contributed by atoms with van der Waals surface area (Å²) in [5.74, 6) is 0. The topological polar surface area (TPSA) is 49.8 Å². The lowest BCUT2D eigenvalue weighted by Gasteiger charge is -2.04.